The lowest BCUT2D eigenvalue weighted by Crippen LogP contribution is -2.47. The second-order valence-electron chi connectivity index (χ2n) is 4.95. The van der Waals surface area contributed by atoms with Crippen molar-refractivity contribution in [1.82, 2.24) is 0 Å². The summed E-state index contributed by atoms with van der Waals surface area (Å²) in [6, 6.07) is 0. The number of halogens is 8. The Balaban J connectivity index is 2.26. The van der Waals surface area contributed by atoms with Gasteiger partial charge in [0.15, 0.2) is 4.33 Å². The van der Waals surface area contributed by atoms with Crippen LogP contribution in [0.15, 0.2) is 10.1 Å². The minimum absolute atomic E-state index is 0.184. The maximum Gasteiger partial charge on any atom is 0.166 e. The van der Waals surface area contributed by atoms with Crippen LogP contribution in [0.25, 0.3) is 0 Å². The highest BCUT2D eigenvalue weighted by atomic mass is 35.5. The summed E-state index contributed by atoms with van der Waals surface area (Å²) in [6.07, 6.45) is 0.555. The Hall–Kier alpha value is 2.06. The van der Waals surface area contributed by atoms with Gasteiger partial charge in [0.05, 0.1) is 20.8 Å². The largest absolute Gasteiger partial charge is 0.166 e. The third-order valence-electron chi connectivity index (χ3n) is 4.32. The van der Waals surface area contributed by atoms with Gasteiger partial charge in [-0.05, 0) is 12.3 Å². The predicted molar refractivity (Wildman–Crippen MR) is 81.2 cm³/mol. The SMILES string of the molecule is ClC1=C(Cl)[C@]2(Cl)[C@@H]3C[C@H](Cl)[C@@H](Cl)[C@@H]3[C@@]1(Cl)C2(Cl)Cl. The Labute approximate surface area is 145 Å². The summed E-state index contributed by atoms with van der Waals surface area (Å²) in [7, 11) is 0. The molecule has 2 fully saturated rings. The molecular weight excluding hydrogens is 404 g/mol. The lowest BCUT2D eigenvalue weighted by Gasteiger charge is -2.35. The molecule has 3 aliphatic carbocycles. The summed E-state index contributed by atoms with van der Waals surface area (Å²) in [6.45, 7) is 0. The van der Waals surface area contributed by atoms with E-state index < -0.39 is 19.5 Å². The highest BCUT2D eigenvalue weighted by Crippen LogP contribution is 2.79. The van der Waals surface area contributed by atoms with Crippen LogP contribution in [0.1, 0.15) is 6.42 Å². The fraction of sp³-hybridized carbons (Fsp3) is 0.800. The van der Waals surface area contributed by atoms with Crippen molar-refractivity contribution in [2.45, 2.75) is 31.3 Å². The van der Waals surface area contributed by atoms with Gasteiger partial charge < -0.3 is 0 Å². The molecular formula is C10H6Cl8. The minimum atomic E-state index is -1.50. The van der Waals surface area contributed by atoms with E-state index in [1.807, 2.05) is 0 Å². The standard InChI is InChI=1S/C10H6Cl8/c11-3-1-2-4(5(3)12)9(16)7(14)6(13)8(2,15)10(9,17)18/h2-5H,1H2/t2-,3+,4-,5-,8-,9+/m1/s1. The van der Waals surface area contributed by atoms with Crippen LogP contribution in [0.2, 0.25) is 0 Å². The monoisotopic (exact) mass is 406 g/mol. The van der Waals surface area contributed by atoms with E-state index in [1.165, 1.54) is 0 Å². The smallest absolute Gasteiger partial charge is 0.121 e. The van der Waals surface area contributed by atoms with Crippen LogP contribution in [0.4, 0.5) is 0 Å². The number of hydrogen-bond donors (Lipinski definition) is 0. The van der Waals surface area contributed by atoms with Crippen molar-refractivity contribution in [3.63, 3.8) is 0 Å². The number of fused-ring (bicyclic) bond motifs is 5. The van der Waals surface area contributed by atoms with E-state index in [-0.39, 0.29) is 27.3 Å². The molecule has 102 valence electrons. The summed E-state index contributed by atoms with van der Waals surface area (Å²) in [4.78, 5) is -2.50. The quantitative estimate of drug-likeness (QED) is 0.451. The lowest BCUT2D eigenvalue weighted by atomic mass is 9.84. The second kappa shape index (κ2) is 4.07. The Bertz CT molecular complexity index is 459. The predicted octanol–water partition coefficient (Wildman–Crippen LogP) is 5.68. The Morgan fingerprint density at radius 1 is 0.889 bits per heavy atom. The third kappa shape index (κ3) is 1.28. The maximum absolute atomic E-state index is 6.62. The van der Waals surface area contributed by atoms with Gasteiger partial charge in [0, 0.05) is 5.92 Å². The van der Waals surface area contributed by atoms with Crippen molar-refractivity contribution in [3.05, 3.63) is 10.1 Å². The molecule has 0 saturated heterocycles. The van der Waals surface area contributed by atoms with Crippen LogP contribution in [-0.4, -0.2) is 24.8 Å². The zero-order chi connectivity index (χ0) is 13.7. The van der Waals surface area contributed by atoms with Gasteiger partial charge in [-0.1, -0.05) is 46.4 Å². The highest BCUT2D eigenvalue weighted by molar-refractivity contribution is 6.66. The van der Waals surface area contributed by atoms with E-state index in [1.54, 1.807) is 0 Å². The maximum atomic E-state index is 6.62. The van der Waals surface area contributed by atoms with Crippen LogP contribution in [0.3, 0.4) is 0 Å². The Kier molecular flexibility index (Phi) is 3.39. The summed E-state index contributed by atoms with van der Waals surface area (Å²) in [5.74, 6) is -0.488. The molecule has 0 spiro atoms. The highest BCUT2D eigenvalue weighted by Gasteiger charge is 2.84. The van der Waals surface area contributed by atoms with Crippen molar-refractivity contribution >= 4 is 92.8 Å². The average Bonchev–Trinajstić information content (AvgIpc) is 2.69. The molecule has 18 heavy (non-hydrogen) atoms. The second-order valence-corrected chi connectivity index (χ2v) is 9.29. The normalized spacial score (nSPS) is 57.3. The molecule has 2 bridgehead atoms. The first-order valence-corrected chi connectivity index (χ1v) is 8.35. The molecule has 0 amide bonds. The molecule has 0 nitrogen and oxygen atoms in total. The van der Waals surface area contributed by atoms with Crippen molar-refractivity contribution in [2.24, 2.45) is 11.8 Å². The Morgan fingerprint density at radius 3 is 1.94 bits per heavy atom. The van der Waals surface area contributed by atoms with Crippen LogP contribution in [0, 0.1) is 11.8 Å². The van der Waals surface area contributed by atoms with Crippen molar-refractivity contribution in [1.29, 1.82) is 0 Å². The summed E-state index contributed by atoms with van der Waals surface area (Å²) >= 11 is 51.0. The number of allylic oxidation sites excluding steroid dienone is 2. The van der Waals surface area contributed by atoms with Gasteiger partial charge in [0.2, 0.25) is 0 Å². The van der Waals surface area contributed by atoms with E-state index in [9.17, 15) is 0 Å². The number of rotatable bonds is 0. The van der Waals surface area contributed by atoms with E-state index >= 15 is 0 Å². The van der Waals surface area contributed by atoms with Crippen LogP contribution < -0.4 is 0 Å². The van der Waals surface area contributed by atoms with Gasteiger partial charge in [-0.2, -0.15) is 0 Å². The number of hydrogen-bond acceptors (Lipinski definition) is 0. The molecule has 0 radical (unpaired) electrons. The van der Waals surface area contributed by atoms with E-state index in [0.717, 1.165) is 0 Å². The van der Waals surface area contributed by atoms with Gasteiger partial charge in [-0.15, -0.1) is 46.4 Å². The molecule has 6 atom stereocenters. The molecule has 8 heteroatoms. The zero-order valence-electron chi connectivity index (χ0n) is 8.54. The summed E-state index contributed by atoms with van der Waals surface area (Å²) in [5, 5.41) is -0.259. The average molecular weight is 410 g/mol. The molecule has 3 aliphatic rings. The van der Waals surface area contributed by atoms with Gasteiger partial charge in [-0.25, -0.2) is 0 Å². The molecule has 0 aromatic carbocycles. The van der Waals surface area contributed by atoms with E-state index in [2.05, 4.69) is 0 Å². The molecule has 2 saturated carbocycles. The number of alkyl halides is 6. The van der Waals surface area contributed by atoms with E-state index in [4.69, 9.17) is 92.8 Å². The van der Waals surface area contributed by atoms with E-state index in [0.29, 0.717) is 6.42 Å². The molecule has 0 N–H and O–H groups in total. The minimum Gasteiger partial charge on any atom is -0.121 e. The Morgan fingerprint density at radius 2 is 1.39 bits per heavy atom. The van der Waals surface area contributed by atoms with Crippen molar-refractivity contribution in [3.8, 4) is 0 Å². The molecule has 0 unspecified atom stereocenters. The van der Waals surface area contributed by atoms with Crippen LogP contribution >= 0.6 is 92.8 Å². The summed E-state index contributed by atoms with van der Waals surface area (Å²) < 4.78 is -1.50. The van der Waals surface area contributed by atoms with Gasteiger partial charge in [0.25, 0.3) is 0 Å². The van der Waals surface area contributed by atoms with Gasteiger partial charge in [-0.3, -0.25) is 0 Å². The van der Waals surface area contributed by atoms with Crippen LogP contribution in [-0.2, 0) is 0 Å². The van der Waals surface area contributed by atoms with Gasteiger partial charge >= 0.3 is 0 Å². The summed E-state index contributed by atoms with van der Waals surface area (Å²) in [5.41, 5.74) is 0. The molecule has 3 rings (SSSR count). The fourth-order valence-corrected chi connectivity index (χ4v) is 7.46. The first kappa shape index (κ1) is 15.0. The first-order chi connectivity index (χ1) is 8.11. The zero-order valence-corrected chi connectivity index (χ0v) is 14.6. The van der Waals surface area contributed by atoms with Crippen molar-refractivity contribution < 1.29 is 0 Å². The van der Waals surface area contributed by atoms with Gasteiger partial charge in [0.1, 0.15) is 9.75 Å². The third-order valence-corrected chi connectivity index (χ3v) is 9.79. The fourth-order valence-electron chi connectivity index (χ4n) is 3.48. The molecule has 0 heterocycles. The molecule has 0 aromatic rings. The van der Waals surface area contributed by atoms with Crippen molar-refractivity contribution in [2.75, 3.05) is 0 Å². The first-order valence-electron chi connectivity index (χ1n) is 5.21. The topological polar surface area (TPSA) is 0 Å². The lowest BCUT2D eigenvalue weighted by molar-refractivity contribution is 0.385. The van der Waals surface area contributed by atoms with Crippen LogP contribution in [0.5, 0.6) is 0 Å². The molecule has 0 aliphatic heterocycles. The molecule has 0 aromatic heterocycles.